The van der Waals surface area contributed by atoms with Crippen molar-refractivity contribution in [3.63, 3.8) is 0 Å². The van der Waals surface area contributed by atoms with Gasteiger partial charge in [-0.3, -0.25) is 4.79 Å². The predicted octanol–water partition coefficient (Wildman–Crippen LogP) is 6.09. The Labute approximate surface area is 200 Å². The molecule has 1 saturated carbocycles. The second kappa shape index (κ2) is 11.4. The molecule has 2 unspecified atom stereocenters. The first-order chi connectivity index (χ1) is 16.5. The van der Waals surface area contributed by atoms with E-state index in [0.29, 0.717) is 42.1 Å². The summed E-state index contributed by atoms with van der Waals surface area (Å²) in [4.78, 5) is 21.8. The molecule has 1 heterocycles. The number of rotatable bonds is 10. The molecule has 1 amide bonds. The van der Waals surface area contributed by atoms with Gasteiger partial charge in [0.2, 0.25) is 11.7 Å². The first-order valence-electron chi connectivity index (χ1n) is 12.3. The quantitative estimate of drug-likeness (QED) is 0.168. The average molecular weight is 467 g/mol. The summed E-state index contributed by atoms with van der Waals surface area (Å²) in [6, 6.07) is 11.2. The number of ether oxygens (including phenoxy) is 1. The smallest absolute Gasteiger partial charge is 0.248 e. The molecule has 34 heavy (non-hydrogen) atoms. The van der Waals surface area contributed by atoms with Crippen molar-refractivity contribution in [3.8, 4) is 11.5 Å². The molecule has 2 N–H and O–H groups in total. The molecule has 1 aliphatic carbocycles. The van der Waals surface area contributed by atoms with Crippen molar-refractivity contribution in [1.29, 1.82) is 0 Å². The van der Waals surface area contributed by atoms with Gasteiger partial charge in [0.25, 0.3) is 0 Å². The standard InChI is InChI=1S/C27H34N2O5/c1-3-32-34-25-17-21(27(28)30)12-14-23(25)31-15-5-7-19-6-4-8-20(11-10-19)26-22-13-9-18(2)16-24(22)33-29-26/h9,12-14,16-17,19-20H,3-8,10-11,15H2,1-2H3,(H2,28,30). The zero-order valence-corrected chi connectivity index (χ0v) is 20.0. The number of hydrogen-bond acceptors (Lipinski definition) is 6. The van der Waals surface area contributed by atoms with Crippen LogP contribution in [0.5, 0.6) is 11.5 Å². The second-order valence-electron chi connectivity index (χ2n) is 9.14. The Kier molecular flexibility index (Phi) is 8.06. The van der Waals surface area contributed by atoms with E-state index in [9.17, 15) is 4.79 Å². The van der Waals surface area contributed by atoms with Crippen LogP contribution in [0.2, 0.25) is 0 Å². The summed E-state index contributed by atoms with van der Waals surface area (Å²) in [6.07, 6.45) is 8.00. The molecule has 0 aliphatic heterocycles. The topological polar surface area (TPSA) is 96.8 Å². The number of hydrogen-bond donors (Lipinski definition) is 1. The highest BCUT2D eigenvalue weighted by Crippen LogP contribution is 2.38. The lowest BCUT2D eigenvalue weighted by molar-refractivity contribution is -0.203. The van der Waals surface area contributed by atoms with E-state index < -0.39 is 5.91 Å². The number of fused-ring (bicyclic) bond motifs is 1. The molecule has 4 rings (SSSR count). The van der Waals surface area contributed by atoms with Gasteiger partial charge in [-0.15, -0.1) is 0 Å². The Balaban J connectivity index is 1.28. The Morgan fingerprint density at radius 2 is 2.00 bits per heavy atom. The van der Waals surface area contributed by atoms with Crippen LogP contribution in [0, 0.1) is 12.8 Å². The van der Waals surface area contributed by atoms with E-state index in [-0.39, 0.29) is 0 Å². The van der Waals surface area contributed by atoms with Gasteiger partial charge in [0.15, 0.2) is 11.3 Å². The summed E-state index contributed by atoms with van der Waals surface area (Å²) in [5.41, 5.74) is 8.93. The van der Waals surface area contributed by atoms with Crippen molar-refractivity contribution < 1.29 is 23.8 Å². The molecule has 7 nitrogen and oxygen atoms in total. The zero-order valence-electron chi connectivity index (χ0n) is 20.0. The molecule has 0 radical (unpaired) electrons. The largest absolute Gasteiger partial charge is 0.490 e. The Bertz CT molecular complexity index is 1110. The molecule has 0 spiro atoms. The average Bonchev–Trinajstić information content (AvgIpc) is 3.10. The fourth-order valence-electron chi connectivity index (χ4n) is 4.82. The molecule has 2 atom stereocenters. The summed E-state index contributed by atoms with van der Waals surface area (Å²) < 4.78 is 11.6. The predicted molar refractivity (Wildman–Crippen MR) is 130 cm³/mol. The van der Waals surface area contributed by atoms with Gasteiger partial charge in [0.05, 0.1) is 18.9 Å². The number of benzene rings is 2. The molecule has 0 saturated heterocycles. The number of amides is 1. The van der Waals surface area contributed by atoms with Gasteiger partial charge >= 0.3 is 0 Å². The first-order valence-corrected chi connectivity index (χ1v) is 12.3. The number of carbonyl (C=O) groups excluding carboxylic acids is 1. The number of carbonyl (C=O) groups is 1. The number of nitrogens with two attached hydrogens (primary N) is 1. The van der Waals surface area contributed by atoms with Crippen molar-refractivity contribution in [2.24, 2.45) is 11.7 Å². The van der Waals surface area contributed by atoms with Crippen LogP contribution in [-0.2, 0) is 4.89 Å². The van der Waals surface area contributed by atoms with Gasteiger partial charge in [0.1, 0.15) is 0 Å². The minimum atomic E-state index is -0.520. The third-order valence-corrected chi connectivity index (χ3v) is 6.64. The Morgan fingerprint density at radius 1 is 1.12 bits per heavy atom. The highest BCUT2D eigenvalue weighted by molar-refractivity contribution is 5.93. The Hall–Kier alpha value is -3.06. The van der Waals surface area contributed by atoms with Gasteiger partial charge in [-0.1, -0.05) is 24.1 Å². The van der Waals surface area contributed by atoms with Crippen molar-refractivity contribution >= 4 is 16.9 Å². The van der Waals surface area contributed by atoms with Crippen LogP contribution >= 0.6 is 0 Å². The minimum Gasteiger partial charge on any atom is -0.490 e. The molecule has 7 heteroatoms. The highest BCUT2D eigenvalue weighted by Gasteiger charge is 2.24. The zero-order chi connectivity index (χ0) is 23.9. The molecule has 0 bridgehead atoms. The lowest BCUT2D eigenvalue weighted by Crippen LogP contribution is -2.12. The molecule has 1 aliphatic rings. The number of nitrogens with zero attached hydrogens (tertiary/aromatic N) is 1. The minimum absolute atomic E-state index is 0.352. The van der Waals surface area contributed by atoms with Crippen molar-refractivity contribution in [2.45, 2.75) is 64.7 Å². The van der Waals surface area contributed by atoms with Crippen LogP contribution in [-0.4, -0.2) is 24.3 Å². The Morgan fingerprint density at radius 3 is 2.82 bits per heavy atom. The summed E-state index contributed by atoms with van der Waals surface area (Å²) >= 11 is 0. The lowest BCUT2D eigenvalue weighted by Gasteiger charge is -2.16. The van der Waals surface area contributed by atoms with Gasteiger partial charge < -0.3 is 19.9 Å². The van der Waals surface area contributed by atoms with Gasteiger partial charge in [-0.05, 0) is 81.7 Å². The number of primary amides is 1. The molecular weight excluding hydrogens is 432 g/mol. The third kappa shape index (κ3) is 5.89. The van der Waals surface area contributed by atoms with E-state index in [2.05, 4.69) is 30.3 Å². The van der Waals surface area contributed by atoms with E-state index >= 15 is 0 Å². The number of aromatic nitrogens is 1. The summed E-state index contributed by atoms with van der Waals surface area (Å²) in [6.45, 7) is 4.85. The van der Waals surface area contributed by atoms with Crippen molar-refractivity contribution in [1.82, 2.24) is 5.16 Å². The summed E-state index contributed by atoms with van der Waals surface area (Å²) in [5, 5.41) is 5.60. The second-order valence-corrected chi connectivity index (χ2v) is 9.14. The normalized spacial score (nSPS) is 18.5. The monoisotopic (exact) mass is 466 g/mol. The fourth-order valence-corrected chi connectivity index (χ4v) is 4.82. The molecule has 1 fully saturated rings. The van der Waals surface area contributed by atoms with Crippen molar-refractivity contribution in [2.75, 3.05) is 13.2 Å². The third-order valence-electron chi connectivity index (χ3n) is 6.64. The van der Waals surface area contributed by atoms with Crippen LogP contribution in [0.15, 0.2) is 40.9 Å². The lowest BCUT2D eigenvalue weighted by atomic mass is 9.92. The first kappa shape index (κ1) is 24.1. The van der Waals surface area contributed by atoms with Crippen LogP contribution in [0.1, 0.15) is 79.4 Å². The maximum atomic E-state index is 11.5. The van der Waals surface area contributed by atoms with E-state index in [1.165, 1.54) is 24.8 Å². The van der Waals surface area contributed by atoms with E-state index in [0.717, 1.165) is 42.3 Å². The maximum Gasteiger partial charge on any atom is 0.248 e. The molecule has 182 valence electrons. The van der Waals surface area contributed by atoms with Crippen LogP contribution < -0.4 is 15.4 Å². The van der Waals surface area contributed by atoms with E-state index in [4.69, 9.17) is 24.8 Å². The van der Waals surface area contributed by atoms with E-state index in [1.807, 2.05) is 6.92 Å². The van der Waals surface area contributed by atoms with Crippen LogP contribution in [0.25, 0.3) is 11.0 Å². The molecular formula is C27H34N2O5. The number of aryl methyl sites for hydroxylation is 1. The van der Waals surface area contributed by atoms with Gasteiger partial charge in [0, 0.05) is 22.9 Å². The van der Waals surface area contributed by atoms with Crippen molar-refractivity contribution in [3.05, 3.63) is 53.2 Å². The summed E-state index contributed by atoms with van der Waals surface area (Å²) in [5.74, 6) is 1.55. The van der Waals surface area contributed by atoms with Crippen LogP contribution in [0.4, 0.5) is 0 Å². The van der Waals surface area contributed by atoms with E-state index in [1.54, 1.807) is 18.2 Å². The van der Waals surface area contributed by atoms with Crippen LogP contribution in [0.3, 0.4) is 0 Å². The van der Waals surface area contributed by atoms with Gasteiger partial charge in [-0.2, -0.15) is 4.89 Å². The molecule has 1 aromatic heterocycles. The van der Waals surface area contributed by atoms with Gasteiger partial charge in [-0.25, -0.2) is 0 Å². The maximum absolute atomic E-state index is 11.5. The summed E-state index contributed by atoms with van der Waals surface area (Å²) in [7, 11) is 0. The molecule has 3 aromatic rings. The highest BCUT2D eigenvalue weighted by atomic mass is 17.2. The fraction of sp³-hybridized carbons (Fsp3) is 0.481. The SMILES string of the molecule is CCOOc1cc(C(N)=O)ccc1OCCCC1CCCC(c2noc3cc(C)ccc23)CC1. The molecule has 2 aromatic carbocycles.